The highest BCUT2D eigenvalue weighted by molar-refractivity contribution is 7.08. The topological polar surface area (TPSA) is 49.3 Å². The lowest BCUT2D eigenvalue weighted by atomic mass is 10.2. The van der Waals surface area contributed by atoms with E-state index in [1.807, 2.05) is 16.8 Å². The summed E-state index contributed by atoms with van der Waals surface area (Å²) < 4.78 is 0. The molecule has 88 valence electrons. The normalized spacial score (nSPS) is 10.2. The minimum Gasteiger partial charge on any atom is -0.506 e. The fourth-order valence-electron chi connectivity index (χ4n) is 1.37. The van der Waals surface area contributed by atoms with Crippen LogP contribution in [0.15, 0.2) is 35.0 Å². The third-order valence-corrected chi connectivity index (χ3v) is 3.23. The van der Waals surface area contributed by atoms with E-state index in [0.29, 0.717) is 12.1 Å². The molecule has 0 bridgehead atoms. The van der Waals surface area contributed by atoms with E-state index in [-0.39, 0.29) is 16.7 Å². The SMILES string of the molecule is O=C(Cc1ccsc1)Nc1ccc(Cl)c(O)c1. The molecular formula is C12H10ClNO2S. The number of halogens is 1. The lowest BCUT2D eigenvalue weighted by molar-refractivity contribution is -0.115. The third-order valence-electron chi connectivity index (χ3n) is 2.17. The number of hydrogen-bond donors (Lipinski definition) is 2. The zero-order chi connectivity index (χ0) is 12.3. The van der Waals surface area contributed by atoms with Gasteiger partial charge in [-0.3, -0.25) is 4.79 Å². The maximum Gasteiger partial charge on any atom is 0.228 e. The molecular weight excluding hydrogens is 258 g/mol. The Bertz CT molecular complexity index is 525. The second-order valence-electron chi connectivity index (χ2n) is 3.52. The highest BCUT2D eigenvalue weighted by Gasteiger charge is 2.06. The van der Waals surface area contributed by atoms with Crippen LogP contribution in [0.1, 0.15) is 5.56 Å². The molecule has 2 N–H and O–H groups in total. The molecule has 5 heteroatoms. The van der Waals surface area contributed by atoms with Crippen molar-refractivity contribution in [2.24, 2.45) is 0 Å². The number of benzene rings is 1. The van der Waals surface area contributed by atoms with E-state index in [1.165, 1.54) is 12.1 Å². The lowest BCUT2D eigenvalue weighted by Gasteiger charge is -2.05. The van der Waals surface area contributed by atoms with Gasteiger partial charge in [-0.1, -0.05) is 11.6 Å². The summed E-state index contributed by atoms with van der Waals surface area (Å²) >= 11 is 7.23. The maximum atomic E-state index is 11.7. The van der Waals surface area contributed by atoms with Crippen LogP contribution in [0.4, 0.5) is 5.69 Å². The number of phenols is 1. The third kappa shape index (κ3) is 3.22. The van der Waals surface area contributed by atoms with Crippen molar-refractivity contribution in [3.8, 4) is 5.75 Å². The summed E-state index contributed by atoms with van der Waals surface area (Å²) in [5, 5.41) is 16.2. The number of phenolic OH excluding ortho intramolecular Hbond substituents is 1. The Morgan fingerprint density at radius 2 is 2.24 bits per heavy atom. The first-order valence-corrected chi connectivity index (χ1v) is 6.26. The minimum atomic E-state index is -0.120. The molecule has 2 rings (SSSR count). The van der Waals surface area contributed by atoms with E-state index in [0.717, 1.165) is 5.56 Å². The fourth-order valence-corrected chi connectivity index (χ4v) is 2.16. The predicted molar refractivity (Wildman–Crippen MR) is 69.8 cm³/mol. The summed E-state index contributed by atoms with van der Waals surface area (Å²) in [4.78, 5) is 11.7. The van der Waals surface area contributed by atoms with Crippen molar-refractivity contribution in [1.29, 1.82) is 0 Å². The Labute approximate surface area is 108 Å². The summed E-state index contributed by atoms with van der Waals surface area (Å²) in [6.07, 6.45) is 0.326. The Morgan fingerprint density at radius 3 is 2.88 bits per heavy atom. The number of amides is 1. The van der Waals surface area contributed by atoms with Crippen molar-refractivity contribution >= 4 is 34.5 Å². The molecule has 17 heavy (non-hydrogen) atoms. The average molecular weight is 268 g/mol. The predicted octanol–water partition coefficient (Wildman–Crippen LogP) is 3.29. The molecule has 3 nitrogen and oxygen atoms in total. The first kappa shape index (κ1) is 12.0. The number of aromatic hydroxyl groups is 1. The van der Waals surface area contributed by atoms with E-state index >= 15 is 0 Å². The van der Waals surface area contributed by atoms with Crippen LogP contribution in [-0.4, -0.2) is 11.0 Å². The van der Waals surface area contributed by atoms with Gasteiger partial charge in [0.15, 0.2) is 0 Å². The van der Waals surface area contributed by atoms with Crippen molar-refractivity contribution in [2.75, 3.05) is 5.32 Å². The summed E-state index contributed by atoms with van der Waals surface area (Å²) in [7, 11) is 0. The number of thiophene rings is 1. The molecule has 0 spiro atoms. The van der Waals surface area contributed by atoms with Gasteiger partial charge in [0.05, 0.1) is 11.4 Å². The number of carbonyl (C=O) groups excluding carboxylic acids is 1. The summed E-state index contributed by atoms with van der Waals surface area (Å²) in [5.74, 6) is -0.162. The largest absolute Gasteiger partial charge is 0.506 e. The summed E-state index contributed by atoms with van der Waals surface area (Å²) in [6.45, 7) is 0. The van der Waals surface area contributed by atoms with Gasteiger partial charge in [-0.05, 0) is 34.5 Å². The van der Waals surface area contributed by atoms with Gasteiger partial charge in [0.25, 0.3) is 0 Å². The van der Waals surface area contributed by atoms with E-state index in [9.17, 15) is 9.90 Å². The summed E-state index contributed by atoms with van der Waals surface area (Å²) in [5.41, 5.74) is 1.51. The molecule has 0 aliphatic rings. The summed E-state index contributed by atoms with van der Waals surface area (Å²) in [6, 6.07) is 6.52. The first-order valence-electron chi connectivity index (χ1n) is 4.94. The van der Waals surface area contributed by atoms with Gasteiger partial charge in [-0.15, -0.1) is 0 Å². The van der Waals surface area contributed by atoms with Gasteiger partial charge in [0, 0.05) is 11.8 Å². The van der Waals surface area contributed by atoms with Crippen molar-refractivity contribution in [3.05, 3.63) is 45.6 Å². The van der Waals surface area contributed by atoms with Crippen molar-refractivity contribution in [2.45, 2.75) is 6.42 Å². The van der Waals surface area contributed by atoms with Crippen molar-refractivity contribution < 1.29 is 9.90 Å². The molecule has 1 aromatic carbocycles. The molecule has 1 heterocycles. The monoisotopic (exact) mass is 267 g/mol. The molecule has 0 radical (unpaired) electrons. The fraction of sp³-hybridized carbons (Fsp3) is 0.0833. The van der Waals surface area contributed by atoms with Crippen LogP contribution in [0.3, 0.4) is 0 Å². The number of hydrogen-bond acceptors (Lipinski definition) is 3. The molecule has 0 saturated heterocycles. The van der Waals surface area contributed by atoms with Gasteiger partial charge >= 0.3 is 0 Å². The van der Waals surface area contributed by atoms with Crippen LogP contribution >= 0.6 is 22.9 Å². The quantitative estimate of drug-likeness (QED) is 0.897. The Hall–Kier alpha value is -1.52. The minimum absolute atomic E-state index is 0.0417. The van der Waals surface area contributed by atoms with Crippen LogP contribution in [-0.2, 0) is 11.2 Å². The van der Waals surface area contributed by atoms with Crippen LogP contribution in [0.2, 0.25) is 5.02 Å². The first-order chi connectivity index (χ1) is 8.15. The highest BCUT2D eigenvalue weighted by atomic mass is 35.5. The standard InChI is InChI=1S/C12H10ClNO2S/c13-10-2-1-9(6-11(10)15)14-12(16)5-8-3-4-17-7-8/h1-4,6-7,15H,5H2,(H,14,16). The van der Waals surface area contributed by atoms with Gasteiger partial charge < -0.3 is 10.4 Å². The average Bonchev–Trinajstić information content (AvgIpc) is 2.76. The highest BCUT2D eigenvalue weighted by Crippen LogP contribution is 2.26. The number of rotatable bonds is 3. The van der Waals surface area contributed by atoms with E-state index in [1.54, 1.807) is 17.4 Å². The smallest absolute Gasteiger partial charge is 0.228 e. The molecule has 0 atom stereocenters. The van der Waals surface area contributed by atoms with Crippen LogP contribution in [0.25, 0.3) is 0 Å². The molecule has 0 saturated carbocycles. The maximum absolute atomic E-state index is 11.7. The van der Waals surface area contributed by atoms with Crippen molar-refractivity contribution in [1.82, 2.24) is 0 Å². The van der Waals surface area contributed by atoms with E-state index in [4.69, 9.17) is 11.6 Å². The molecule has 0 aliphatic heterocycles. The van der Waals surface area contributed by atoms with Crippen LogP contribution < -0.4 is 5.32 Å². The van der Waals surface area contributed by atoms with Gasteiger partial charge in [0.2, 0.25) is 5.91 Å². The molecule has 1 amide bonds. The molecule has 0 aliphatic carbocycles. The zero-order valence-electron chi connectivity index (χ0n) is 8.81. The van der Waals surface area contributed by atoms with Crippen LogP contribution in [0, 0.1) is 0 Å². The Balaban J connectivity index is 2.00. The molecule has 2 aromatic rings. The number of nitrogens with one attached hydrogen (secondary N) is 1. The molecule has 1 aromatic heterocycles. The lowest BCUT2D eigenvalue weighted by Crippen LogP contribution is -2.13. The number of anilines is 1. The van der Waals surface area contributed by atoms with Gasteiger partial charge in [-0.25, -0.2) is 0 Å². The second-order valence-corrected chi connectivity index (χ2v) is 4.71. The number of carbonyl (C=O) groups is 1. The van der Waals surface area contributed by atoms with Crippen molar-refractivity contribution in [3.63, 3.8) is 0 Å². The Morgan fingerprint density at radius 1 is 1.41 bits per heavy atom. The van der Waals surface area contributed by atoms with Crippen LogP contribution in [0.5, 0.6) is 5.75 Å². The van der Waals surface area contributed by atoms with E-state index < -0.39 is 0 Å². The van der Waals surface area contributed by atoms with E-state index in [2.05, 4.69) is 5.32 Å². The second kappa shape index (κ2) is 5.21. The van der Waals surface area contributed by atoms with Gasteiger partial charge in [-0.2, -0.15) is 11.3 Å². The molecule has 0 unspecified atom stereocenters. The Kier molecular flexibility index (Phi) is 3.66. The van der Waals surface area contributed by atoms with Gasteiger partial charge in [0.1, 0.15) is 5.75 Å². The zero-order valence-corrected chi connectivity index (χ0v) is 10.4. The molecule has 0 fully saturated rings.